The van der Waals surface area contributed by atoms with E-state index in [9.17, 15) is 5.11 Å². The second kappa shape index (κ2) is 19.8. The molecule has 2 aliphatic rings. The van der Waals surface area contributed by atoms with Crippen molar-refractivity contribution in [2.45, 2.75) is 50.6 Å². The van der Waals surface area contributed by atoms with Gasteiger partial charge in [0.2, 0.25) is 0 Å². The molecule has 1 aromatic rings. The number of piperidine rings is 1. The number of hydrogen-bond donors (Lipinski definition) is 2. The van der Waals surface area contributed by atoms with E-state index in [1.54, 1.807) is 27.4 Å². The van der Waals surface area contributed by atoms with Gasteiger partial charge in [-0.15, -0.1) is 0 Å². The Labute approximate surface area is 246 Å². The van der Waals surface area contributed by atoms with Crippen molar-refractivity contribution >= 4 is 0 Å². The molecule has 2 aliphatic heterocycles. The summed E-state index contributed by atoms with van der Waals surface area (Å²) in [6, 6.07) is 8.54. The maximum absolute atomic E-state index is 9.89. The molecule has 41 heavy (non-hydrogen) atoms. The molecule has 0 bridgehead atoms. The van der Waals surface area contributed by atoms with Crippen molar-refractivity contribution in [3.8, 4) is 0 Å². The molecule has 4 atom stereocenters. The smallest absolute Gasteiger partial charge is 0.105 e. The molecule has 2 heterocycles. The zero-order valence-electron chi connectivity index (χ0n) is 25.0. The van der Waals surface area contributed by atoms with Crippen LogP contribution in [0.15, 0.2) is 60.5 Å². The fourth-order valence-corrected chi connectivity index (χ4v) is 4.90. The zero-order chi connectivity index (χ0) is 29.1. The van der Waals surface area contributed by atoms with Crippen LogP contribution in [0.4, 0.5) is 0 Å². The van der Waals surface area contributed by atoms with Gasteiger partial charge in [-0.3, -0.25) is 0 Å². The van der Waals surface area contributed by atoms with Gasteiger partial charge in [-0.05, 0) is 54.8 Å². The topological polar surface area (TPSA) is 90.9 Å². The number of nitrogens with zero attached hydrogens (tertiary/aromatic N) is 1. The summed E-state index contributed by atoms with van der Waals surface area (Å²) in [6.07, 6.45) is 11.0. The van der Waals surface area contributed by atoms with E-state index >= 15 is 0 Å². The number of rotatable bonds is 17. The number of hydrogen-bond acceptors (Lipinski definition) is 9. The molecular formula is C32H50N2O7. The average molecular weight is 575 g/mol. The van der Waals surface area contributed by atoms with Gasteiger partial charge >= 0.3 is 0 Å². The van der Waals surface area contributed by atoms with Crippen LogP contribution in [-0.2, 0) is 35.0 Å². The van der Waals surface area contributed by atoms with E-state index in [-0.39, 0.29) is 24.7 Å². The van der Waals surface area contributed by atoms with Crippen LogP contribution in [-0.4, -0.2) is 108 Å². The molecule has 0 amide bonds. The minimum Gasteiger partial charge on any atom is -0.499 e. The van der Waals surface area contributed by atoms with Gasteiger partial charge < -0.3 is 43.7 Å². The third-order valence-electron chi connectivity index (χ3n) is 7.05. The second-order valence-corrected chi connectivity index (χ2v) is 10.5. The van der Waals surface area contributed by atoms with Crippen molar-refractivity contribution in [3.63, 3.8) is 0 Å². The molecule has 9 heteroatoms. The van der Waals surface area contributed by atoms with Crippen LogP contribution < -0.4 is 5.32 Å². The number of benzene rings is 1. The van der Waals surface area contributed by atoms with Crippen molar-refractivity contribution in [3.05, 3.63) is 71.7 Å². The molecule has 0 radical (unpaired) electrons. The van der Waals surface area contributed by atoms with Gasteiger partial charge in [0.25, 0.3) is 0 Å². The Bertz CT molecular complexity index is 919. The Morgan fingerprint density at radius 1 is 1.00 bits per heavy atom. The third kappa shape index (κ3) is 12.7. The van der Waals surface area contributed by atoms with Gasteiger partial charge in [-0.1, -0.05) is 30.3 Å². The number of ether oxygens (including phenoxy) is 6. The van der Waals surface area contributed by atoms with Crippen molar-refractivity contribution in [2.24, 2.45) is 0 Å². The minimum absolute atomic E-state index is 0.0141. The van der Waals surface area contributed by atoms with Crippen LogP contribution in [0.25, 0.3) is 0 Å². The lowest BCUT2D eigenvalue weighted by molar-refractivity contribution is -0.0672. The van der Waals surface area contributed by atoms with E-state index in [1.807, 2.05) is 12.2 Å². The lowest BCUT2D eigenvalue weighted by Gasteiger charge is -2.39. The van der Waals surface area contributed by atoms with E-state index in [4.69, 9.17) is 28.4 Å². The maximum atomic E-state index is 9.89. The molecule has 0 saturated carbocycles. The first kappa shape index (κ1) is 33.3. The Morgan fingerprint density at radius 3 is 2.51 bits per heavy atom. The van der Waals surface area contributed by atoms with Crippen molar-refractivity contribution in [2.75, 3.05) is 80.0 Å². The van der Waals surface area contributed by atoms with Crippen LogP contribution >= 0.6 is 0 Å². The lowest BCUT2D eigenvalue weighted by Crippen LogP contribution is -2.51. The van der Waals surface area contributed by atoms with Crippen molar-refractivity contribution in [1.82, 2.24) is 10.2 Å². The quantitative estimate of drug-likeness (QED) is 0.272. The molecule has 2 N–H and O–H groups in total. The predicted octanol–water partition coefficient (Wildman–Crippen LogP) is 3.40. The molecule has 1 aromatic carbocycles. The molecule has 230 valence electrons. The summed E-state index contributed by atoms with van der Waals surface area (Å²) < 4.78 is 34.5. The number of methoxy groups -OCH3 is 2. The third-order valence-corrected chi connectivity index (χ3v) is 7.05. The van der Waals surface area contributed by atoms with Crippen LogP contribution in [0.1, 0.15) is 36.8 Å². The summed E-state index contributed by atoms with van der Waals surface area (Å²) in [6.45, 7) is 8.89. The van der Waals surface area contributed by atoms with E-state index in [1.165, 1.54) is 0 Å². The van der Waals surface area contributed by atoms with Gasteiger partial charge in [0.1, 0.15) is 6.61 Å². The van der Waals surface area contributed by atoms with Gasteiger partial charge in [0.05, 0.1) is 50.9 Å². The summed E-state index contributed by atoms with van der Waals surface area (Å²) in [5.74, 6) is 0.0141. The van der Waals surface area contributed by atoms with Crippen LogP contribution in [0.5, 0.6) is 0 Å². The van der Waals surface area contributed by atoms with Crippen LogP contribution in [0.2, 0.25) is 0 Å². The van der Waals surface area contributed by atoms with Crippen LogP contribution in [0.3, 0.4) is 0 Å². The highest BCUT2D eigenvalue weighted by Gasteiger charge is 2.36. The van der Waals surface area contributed by atoms with E-state index in [0.717, 1.165) is 49.2 Å². The monoisotopic (exact) mass is 574 g/mol. The molecule has 3 rings (SSSR count). The largest absolute Gasteiger partial charge is 0.499 e. The Balaban J connectivity index is 1.69. The SMILES string of the molecule is COCCCOCc1ccc(C2[C@@H](OCC3=C/C=C/OCCN(CCCOC)C=C3)CNC[C@H]2OCC(C)O)cc1. The number of aliphatic hydroxyl groups is 1. The number of aliphatic hydroxyl groups excluding tert-OH is 1. The van der Waals surface area contributed by atoms with Gasteiger partial charge in [-0.2, -0.15) is 0 Å². The highest BCUT2D eigenvalue weighted by atomic mass is 16.5. The van der Waals surface area contributed by atoms with Gasteiger partial charge in [0.15, 0.2) is 0 Å². The summed E-state index contributed by atoms with van der Waals surface area (Å²) in [5.41, 5.74) is 3.33. The summed E-state index contributed by atoms with van der Waals surface area (Å²) >= 11 is 0. The van der Waals surface area contributed by atoms with E-state index in [2.05, 4.69) is 46.8 Å². The van der Waals surface area contributed by atoms with Gasteiger partial charge in [0, 0.05) is 59.6 Å². The maximum Gasteiger partial charge on any atom is 0.105 e. The molecule has 0 aromatic heterocycles. The lowest BCUT2D eigenvalue weighted by atomic mass is 9.85. The zero-order valence-corrected chi connectivity index (χ0v) is 25.0. The molecule has 1 fully saturated rings. The molecular weight excluding hydrogens is 524 g/mol. The number of nitrogens with one attached hydrogen (secondary N) is 1. The standard InChI is InChI=1S/C32H50N2O7/c1-26(35)23-40-30-21-33-22-31(32(30)29-10-8-28(9-11-29)24-39-19-6-17-37-3)41-25-27-7-4-18-38-20-15-34(14-12-27)13-5-16-36-2/h4,7-12,14,18,26,30-33,35H,5-6,13,15-17,19-25H2,1-3H3/b14-12?,18-4+,27-7?/t26?,30-,31+,32?/m1/s1. The Kier molecular flexibility index (Phi) is 16.1. The van der Waals surface area contributed by atoms with Crippen LogP contribution in [0, 0.1) is 0 Å². The normalized spacial score (nSPS) is 23.1. The predicted molar refractivity (Wildman–Crippen MR) is 160 cm³/mol. The minimum atomic E-state index is -0.534. The molecule has 1 saturated heterocycles. The molecule has 9 nitrogen and oxygen atoms in total. The fraction of sp³-hybridized carbons (Fsp3) is 0.625. The summed E-state index contributed by atoms with van der Waals surface area (Å²) in [5, 5.41) is 13.4. The number of allylic oxidation sites excluding steroid dienone is 2. The first-order valence-electron chi connectivity index (χ1n) is 14.8. The Morgan fingerprint density at radius 2 is 1.76 bits per heavy atom. The summed E-state index contributed by atoms with van der Waals surface area (Å²) in [4.78, 5) is 2.25. The molecule has 0 spiro atoms. The van der Waals surface area contributed by atoms with Crippen molar-refractivity contribution in [1.29, 1.82) is 0 Å². The first-order valence-corrected chi connectivity index (χ1v) is 14.8. The fourth-order valence-electron chi connectivity index (χ4n) is 4.90. The Hall–Kier alpha value is -2.24. The molecule has 0 aliphatic carbocycles. The highest BCUT2D eigenvalue weighted by molar-refractivity contribution is 5.29. The highest BCUT2D eigenvalue weighted by Crippen LogP contribution is 2.31. The van der Waals surface area contributed by atoms with Crippen molar-refractivity contribution < 1.29 is 33.5 Å². The van der Waals surface area contributed by atoms with Gasteiger partial charge in [-0.25, -0.2) is 0 Å². The first-order chi connectivity index (χ1) is 20.1. The second-order valence-electron chi connectivity index (χ2n) is 10.5. The van der Waals surface area contributed by atoms with E-state index < -0.39 is 6.10 Å². The average Bonchev–Trinajstić information content (AvgIpc) is 2.98. The summed E-state index contributed by atoms with van der Waals surface area (Å²) in [7, 11) is 3.43. The van der Waals surface area contributed by atoms with E-state index in [0.29, 0.717) is 46.1 Å². The molecule has 2 unspecified atom stereocenters.